The predicted octanol–water partition coefficient (Wildman–Crippen LogP) is 0.963. The lowest BCUT2D eigenvalue weighted by Crippen LogP contribution is -2.43. The molecular formula is C14H19N3O2S. The largest absolute Gasteiger partial charge is 0.399 e. The number of carbonyl (C=O) groups excluding carboxylic acids is 2. The van der Waals surface area contributed by atoms with Gasteiger partial charge in [-0.05, 0) is 36.4 Å². The molecule has 108 valence electrons. The molecule has 1 fully saturated rings. The molecule has 5 nitrogen and oxygen atoms in total. The van der Waals surface area contributed by atoms with E-state index >= 15 is 0 Å². The van der Waals surface area contributed by atoms with Gasteiger partial charge in [0.1, 0.15) is 0 Å². The maximum atomic E-state index is 12.0. The van der Waals surface area contributed by atoms with E-state index in [0.717, 1.165) is 17.9 Å². The van der Waals surface area contributed by atoms with Gasteiger partial charge in [-0.2, -0.15) is 11.8 Å². The molecule has 1 aromatic carbocycles. The second-order valence-corrected chi connectivity index (χ2v) is 5.98. The van der Waals surface area contributed by atoms with Crippen LogP contribution in [0.25, 0.3) is 0 Å². The SMILES string of the molecule is CN(C(=O)CNC(=O)c1ccc(N)cc1)C1CCSC1. The summed E-state index contributed by atoms with van der Waals surface area (Å²) in [6, 6.07) is 6.91. The molecule has 6 heteroatoms. The minimum absolute atomic E-state index is 0.0286. The maximum absolute atomic E-state index is 12.0. The number of benzene rings is 1. The number of amides is 2. The molecule has 1 heterocycles. The highest BCUT2D eigenvalue weighted by atomic mass is 32.2. The Labute approximate surface area is 122 Å². The van der Waals surface area contributed by atoms with Gasteiger partial charge in [0.25, 0.3) is 5.91 Å². The molecule has 0 aromatic heterocycles. The molecule has 1 aliphatic rings. The van der Waals surface area contributed by atoms with Gasteiger partial charge in [-0.3, -0.25) is 9.59 Å². The number of nitrogen functional groups attached to an aromatic ring is 1. The summed E-state index contributed by atoms with van der Waals surface area (Å²) in [5, 5.41) is 2.64. The van der Waals surface area contributed by atoms with Crippen molar-refractivity contribution < 1.29 is 9.59 Å². The van der Waals surface area contributed by atoms with Gasteiger partial charge < -0.3 is 16.0 Å². The fourth-order valence-corrected chi connectivity index (χ4v) is 3.32. The Morgan fingerprint density at radius 1 is 1.40 bits per heavy atom. The molecule has 1 aliphatic heterocycles. The monoisotopic (exact) mass is 293 g/mol. The van der Waals surface area contributed by atoms with Crippen molar-refractivity contribution in [3.8, 4) is 0 Å². The van der Waals surface area contributed by atoms with Gasteiger partial charge in [0, 0.05) is 30.1 Å². The van der Waals surface area contributed by atoms with Crippen LogP contribution < -0.4 is 11.1 Å². The Morgan fingerprint density at radius 2 is 2.10 bits per heavy atom. The van der Waals surface area contributed by atoms with Crippen LogP contribution >= 0.6 is 11.8 Å². The highest BCUT2D eigenvalue weighted by Gasteiger charge is 2.23. The van der Waals surface area contributed by atoms with E-state index in [9.17, 15) is 9.59 Å². The van der Waals surface area contributed by atoms with Crippen molar-refractivity contribution >= 4 is 29.3 Å². The molecule has 1 atom stereocenters. The summed E-state index contributed by atoms with van der Waals surface area (Å²) in [7, 11) is 1.80. The molecule has 20 heavy (non-hydrogen) atoms. The first kappa shape index (κ1) is 14.7. The van der Waals surface area contributed by atoms with Gasteiger partial charge in [0.2, 0.25) is 5.91 Å². The first-order valence-corrected chi connectivity index (χ1v) is 7.70. The number of thioether (sulfide) groups is 1. The van der Waals surface area contributed by atoms with Crippen LogP contribution in [-0.4, -0.2) is 47.9 Å². The third-order valence-electron chi connectivity index (χ3n) is 3.42. The first-order chi connectivity index (χ1) is 9.58. The third-order valence-corrected chi connectivity index (χ3v) is 4.56. The molecule has 3 N–H and O–H groups in total. The lowest BCUT2D eigenvalue weighted by atomic mass is 10.2. The van der Waals surface area contributed by atoms with Gasteiger partial charge in [0.05, 0.1) is 6.54 Å². The summed E-state index contributed by atoms with van der Waals surface area (Å²) in [6.45, 7) is 0.0286. The second-order valence-electron chi connectivity index (χ2n) is 4.83. The normalized spacial score (nSPS) is 17.8. The predicted molar refractivity (Wildman–Crippen MR) is 81.7 cm³/mol. The molecule has 1 unspecified atom stereocenters. The minimum Gasteiger partial charge on any atom is -0.399 e. The van der Waals surface area contributed by atoms with E-state index in [0.29, 0.717) is 17.3 Å². The molecule has 1 aromatic rings. The maximum Gasteiger partial charge on any atom is 0.251 e. The van der Waals surface area contributed by atoms with Crippen LogP contribution in [0.4, 0.5) is 5.69 Å². The van der Waals surface area contributed by atoms with Gasteiger partial charge in [-0.15, -0.1) is 0 Å². The van der Waals surface area contributed by atoms with Gasteiger partial charge in [-0.25, -0.2) is 0 Å². The Kier molecular flexibility index (Phi) is 4.89. The zero-order chi connectivity index (χ0) is 14.5. The van der Waals surface area contributed by atoms with E-state index in [-0.39, 0.29) is 18.4 Å². The van der Waals surface area contributed by atoms with E-state index < -0.39 is 0 Å². The molecule has 1 saturated heterocycles. The van der Waals surface area contributed by atoms with Crippen molar-refractivity contribution in [3.05, 3.63) is 29.8 Å². The van der Waals surface area contributed by atoms with Crippen molar-refractivity contribution in [2.75, 3.05) is 30.8 Å². The number of nitrogens with zero attached hydrogens (tertiary/aromatic N) is 1. The molecule has 0 bridgehead atoms. The third kappa shape index (κ3) is 3.66. The molecule has 0 spiro atoms. The van der Waals surface area contributed by atoms with Gasteiger partial charge in [-0.1, -0.05) is 0 Å². The topological polar surface area (TPSA) is 75.4 Å². The van der Waals surface area contributed by atoms with Crippen molar-refractivity contribution in [2.45, 2.75) is 12.5 Å². The molecule has 0 radical (unpaired) electrons. The standard InChI is InChI=1S/C14H19N3O2S/c1-17(12-6-7-20-9-12)13(18)8-16-14(19)10-2-4-11(15)5-3-10/h2-5,12H,6-9,15H2,1H3,(H,16,19). The minimum atomic E-state index is -0.257. The summed E-state index contributed by atoms with van der Waals surface area (Å²) < 4.78 is 0. The van der Waals surface area contributed by atoms with Crippen LogP contribution in [0.1, 0.15) is 16.8 Å². The molecule has 2 amide bonds. The summed E-state index contributed by atoms with van der Waals surface area (Å²) in [5.41, 5.74) is 6.68. The van der Waals surface area contributed by atoms with Crippen molar-refractivity contribution in [1.29, 1.82) is 0 Å². The van der Waals surface area contributed by atoms with E-state index in [1.165, 1.54) is 0 Å². The number of carbonyl (C=O) groups is 2. The summed E-state index contributed by atoms with van der Waals surface area (Å²) in [5.74, 6) is 1.77. The van der Waals surface area contributed by atoms with E-state index in [4.69, 9.17) is 5.73 Å². The van der Waals surface area contributed by atoms with Crippen LogP contribution in [-0.2, 0) is 4.79 Å². The van der Waals surface area contributed by atoms with E-state index in [2.05, 4.69) is 5.32 Å². The Hall–Kier alpha value is -1.69. The Morgan fingerprint density at radius 3 is 2.70 bits per heavy atom. The average molecular weight is 293 g/mol. The molecule has 0 aliphatic carbocycles. The zero-order valence-corrected chi connectivity index (χ0v) is 12.3. The van der Waals surface area contributed by atoms with Crippen LogP contribution in [0.15, 0.2) is 24.3 Å². The number of nitrogens with one attached hydrogen (secondary N) is 1. The fourth-order valence-electron chi connectivity index (χ4n) is 2.05. The van der Waals surface area contributed by atoms with Gasteiger partial charge in [0.15, 0.2) is 0 Å². The molecule has 2 rings (SSSR count). The number of likely N-dealkylation sites (N-methyl/N-ethyl adjacent to an activating group) is 1. The van der Waals surface area contributed by atoms with Crippen molar-refractivity contribution in [2.24, 2.45) is 0 Å². The highest BCUT2D eigenvalue weighted by molar-refractivity contribution is 7.99. The number of rotatable bonds is 4. The number of hydrogen-bond donors (Lipinski definition) is 2. The summed E-state index contributed by atoms with van der Waals surface area (Å²) in [6.07, 6.45) is 1.03. The second kappa shape index (κ2) is 6.65. The van der Waals surface area contributed by atoms with Gasteiger partial charge >= 0.3 is 0 Å². The lowest BCUT2D eigenvalue weighted by molar-refractivity contribution is -0.130. The van der Waals surface area contributed by atoms with E-state index in [1.54, 1.807) is 36.2 Å². The van der Waals surface area contributed by atoms with Crippen molar-refractivity contribution in [1.82, 2.24) is 10.2 Å². The Balaban J connectivity index is 1.83. The summed E-state index contributed by atoms with van der Waals surface area (Å²) >= 11 is 1.86. The highest BCUT2D eigenvalue weighted by Crippen LogP contribution is 2.21. The fraction of sp³-hybridized carbons (Fsp3) is 0.429. The number of anilines is 1. The first-order valence-electron chi connectivity index (χ1n) is 6.55. The Bertz CT molecular complexity index is 484. The van der Waals surface area contributed by atoms with Crippen molar-refractivity contribution in [3.63, 3.8) is 0 Å². The number of nitrogens with two attached hydrogens (primary N) is 1. The summed E-state index contributed by atoms with van der Waals surface area (Å²) in [4.78, 5) is 25.6. The quantitative estimate of drug-likeness (QED) is 0.811. The zero-order valence-electron chi connectivity index (χ0n) is 11.5. The van der Waals surface area contributed by atoms with Crippen LogP contribution in [0, 0.1) is 0 Å². The average Bonchev–Trinajstić information content (AvgIpc) is 2.98. The smallest absolute Gasteiger partial charge is 0.251 e. The molecular weight excluding hydrogens is 274 g/mol. The van der Waals surface area contributed by atoms with Crippen LogP contribution in [0.2, 0.25) is 0 Å². The van der Waals surface area contributed by atoms with Crippen LogP contribution in [0.3, 0.4) is 0 Å². The molecule has 0 saturated carbocycles. The van der Waals surface area contributed by atoms with Crippen LogP contribution in [0.5, 0.6) is 0 Å². The lowest BCUT2D eigenvalue weighted by Gasteiger charge is -2.23. The van der Waals surface area contributed by atoms with E-state index in [1.807, 2.05) is 11.8 Å². The number of hydrogen-bond acceptors (Lipinski definition) is 4.